The van der Waals surface area contributed by atoms with Gasteiger partial charge in [0.15, 0.2) is 0 Å². The van der Waals surface area contributed by atoms with Crippen molar-refractivity contribution in [3.8, 4) is 6.07 Å². The average molecular weight is 79.1 g/mol. The highest BCUT2D eigenvalue weighted by molar-refractivity contribution is 4.51. The zero-order chi connectivity index (χ0) is 4.71. The molecule has 0 aromatic heterocycles. The maximum Gasteiger partial charge on any atom is 0.0587 e. The van der Waals surface area contributed by atoms with E-state index in [1.54, 1.807) is 6.07 Å². The highest BCUT2D eigenvalue weighted by atomic mass is 19.6. The zero-order valence-corrected chi connectivity index (χ0v) is 2.77. The second-order valence-electron chi connectivity index (χ2n) is 0.224. The van der Waals surface area contributed by atoms with Crippen molar-refractivity contribution < 1.29 is 9.84 Å². The molecule has 30 valence electrons. The van der Waals surface area contributed by atoms with E-state index < -0.39 is 0 Å². The van der Waals surface area contributed by atoms with E-state index in [0.29, 0.717) is 0 Å². The molecule has 5 heavy (non-hydrogen) atoms. The second-order valence-corrected chi connectivity index (χ2v) is 0.224. The van der Waals surface area contributed by atoms with Gasteiger partial charge in [-0.2, -0.15) is 5.26 Å². The number of hydrogen-bond donors (Lipinski definition) is 1. The Bertz CT molecular complexity index is 31.1. The van der Waals surface area contributed by atoms with Crippen molar-refractivity contribution in [2.75, 3.05) is 0 Å². The van der Waals surface area contributed by atoms with Crippen LogP contribution in [0.4, 0.5) is 4.53 Å². The van der Waals surface area contributed by atoms with Crippen LogP contribution >= 0.6 is 0 Å². The molecule has 3 heteroatoms. The van der Waals surface area contributed by atoms with Crippen molar-refractivity contribution in [3.63, 3.8) is 0 Å². The normalized spacial score (nSPS) is 2.80. The second kappa shape index (κ2) is 133. The minimum atomic E-state index is 1.43. The largest absolute Gasteiger partial charge is 0.209 e. The first-order valence-corrected chi connectivity index (χ1v) is 0.893. The fourth-order valence-electron chi connectivity index (χ4n) is 0. The van der Waals surface area contributed by atoms with Crippen LogP contribution in [0.1, 0.15) is 6.92 Å². The molecular weight excluding hydrogens is 75.0 g/mol. The molecule has 0 rings (SSSR count). The first-order valence-electron chi connectivity index (χ1n) is 0.893. The van der Waals surface area contributed by atoms with Crippen LogP contribution in [0.2, 0.25) is 0 Å². The summed E-state index contributed by atoms with van der Waals surface area (Å²) >= 11 is 0. The molecular formula is C2H4FNO. The van der Waals surface area contributed by atoms with Crippen LogP contribution in [0.5, 0.6) is 0 Å². The molecule has 0 saturated carbocycles. The van der Waals surface area contributed by atoms with Crippen LogP contribution in [-0.2, 0) is 0 Å². The summed E-state index contributed by atoms with van der Waals surface area (Å²) in [4.78, 5) is 0. The summed E-state index contributed by atoms with van der Waals surface area (Å²) in [5.74, 6) is 0. The van der Waals surface area contributed by atoms with E-state index >= 15 is 0 Å². The highest BCUT2D eigenvalue weighted by Gasteiger charge is 1.17. The summed E-state index contributed by atoms with van der Waals surface area (Å²) in [6, 6.07) is 1.75. The van der Waals surface area contributed by atoms with Gasteiger partial charge in [0.05, 0.1) is 6.07 Å². The Morgan fingerprint density at radius 1 is 1.80 bits per heavy atom. The van der Waals surface area contributed by atoms with Gasteiger partial charge in [-0.15, -0.1) is 0 Å². The molecule has 0 saturated heterocycles. The van der Waals surface area contributed by atoms with Gasteiger partial charge < -0.3 is 0 Å². The van der Waals surface area contributed by atoms with Gasteiger partial charge >= 0.3 is 0 Å². The molecule has 0 aromatic rings. The highest BCUT2D eigenvalue weighted by Crippen LogP contribution is 1.21. The topological polar surface area (TPSA) is 44.0 Å². The third-order valence-corrected chi connectivity index (χ3v) is 0. The molecule has 0 amide bonds. The van der Waals surface area contributed by atoms with E-state index in [0.717, 1.165) is 0 Å². The van der Waals surface area contributed by atoms with Crippen LogP contribution in [0.25, 0.3) is 0 Å². The maximum atomic E-state index is 8.50. The van der Waals surface area contributed by atoms with Gasteiger partial charge in [-0.3, -0.25) is 0 Å². The van der Waals surface area contributed by atoms with E-state index in [1.165, 1.54) is 6.92 Å². The summed E-state index contributed by atoms with van der Waals surface area (Å²) in [5, 5.41) is 12.8. The summed E-state index contributed by atoms with van der Waals surface area (Å²) in [7, 11) is 0. The molecule has 0 spiro atoms. The van der Waals surface area contributed by atoms with Crippen molar-refractivity contribution in [2.45, 2.75) is 6.92 Å². The van der Waals surface area contributed by atoms with E-state index in [9.17, 15) is 0 Å². The maximum absolute atomic E-state index is 8.50. The lowest BCUT2D eigenvalue weighted by atomic mass is 11.0. The average Bonchev–Trinajstić information content (AvgIpc) is 1.46. The third-order valence-electron chi connectivity index (χ3n) is 0. The summed E-state index contributed by atoms with van der Waals surface area (Å²) in [5.41, 5.74) is 0. The van der Waals surface area contributed by atoms with Gasteiger partial charge in [-0.05, 0) is 0 Å². The minimum Gasteiger partial charge on any atom is -0.209 e. The van der Waals surface area contributed by atoms with Crippen molar-refractivity contribution >= 4 is 0 Å². The molecule has 0 fully saturated rings. The quantitative estimate of drug-likeness (QED) is 0.427. The van der Waals surface area contributed by atoms with Crippen molar-refractivity contribution in [1.82, 2.24) is 0 Å². The molecule has 0 aromatic carbocycles. The van der Waals surface area contributed by atoms with E-state index in [1.807, 2.05) is 0 Å². The van der Waals surface area contributed by atoms with Crippen molar-refractivity contribution in [1.29, 1.82) is 5.26 Å². The summed E-state index contributed by atoms with van der Waals surface area (Å²) in [6.07, 6.45) is 0. The van der Waals surface area contributed by atoms with E-state index in [2.05, 4.69) is 0 Å². The number of halogens is 1. The minimum absolute atomic E-state index is 1.43. The molecule has 2 nitrogen and oxygen atoms in total. The number of rotatable bonds is 0. The standard InChI is InChI=1S/C2H3N.FHO/c1-2-3;1-2/h1H3;2H/i;2+2. The van der Waals surface area contributed by atoms with Crippen LogP contribution in [0.3, 0.4) is 0 Å². The van der Waals surface area contributed by atoms with Gasteiger partial charge in [-0.25, -0.2) is 5.31 Å². The van der Waals surface area contributed by atoms with E-state index in [4.69, 9.17) is 15.1 Å². The van der Waals surface area contributed by atoms with Gasteiger partial charge in [0.2, 0.25) is 0 Å². The predicted molar refractivity (Wildman–Crippen MR) is 14.6 cm³/mol. The molecule has 0 unspecified atom stereocenters. The van der Waals surface area contributed by atoms with Gasteiger partial charge in [0, 0.05) is 6.92 Å². The molecule has 0 aliphatic rings. The Kier molecular flexibility index (Phi) is 234. The number of nitriles is 1. The van der Waals surface area contributed by atoms with Crippen molar-refractivity contribution in [3.05, 3.63) is 0 Å². The van der Waals surface area contributed by atoms with Crippen LogP contribution in [-0.4, -0.2) is 5.31 Å². The molecule has 1 N–H and O–H groups in total. The Labute approximate surface area is 29.4 Å². The Morgan fingerprint density at radius 2 is 1.80 bits per heavy atom. The molecule has 0 bridgehead atoms. The summed E-state index contributed by atoms with van der Waals surface area (Å²) in [6.45, 7) is 1.43. The molecule has 0 aliphatic carbocycles. The molecule has 0 radical (unpaired) electrons. The van der Waals surface area contributed by atoms with Crippen molar-refractivity contribution in [2.24, 2.45) is 0 Å². The Balaban J connectivity index is 0. The fourth-order valence-corrected chi connectivity index (χ4v) is 0. The number of hydrogen-bond acceptors (Lipinski definition) is 2. The van der Waals surface area contributed by atoms with E-state index in [-0.39, 0.29) is 0 Å². The van der Waals surface area contributed by atoms with Gasteiger partial charge in [0.1, 0.15) is 0 Å². The Morgan fingerprint density at radius 3 is 1.80 bits per heavy atom. The monoisotopic (exact) mass is 79.0 g/mol. The molecule has 0 aliphatic heterocycles. The van der Waals surface area contributed by atoms with Gasteiger partial charge in [0.25, 0.3) is 0 Å². The lowest BCUT2D eigenvalue weighted by Crippen LogP contribution is -1.10. The predicted octanol–water partition coefficient (Wildman–Crippen LogP) is 0.393. The third kappa shape index (κ3) is 16.7. The smallest absolute Gasteiger partial charge is 0.0587 e. The zero-order valence-electron chi connectivity index (χ0n) is 2.77. The Hall–Kier alpha value is -0.620. The fraction of sp³-hybridized carbons (Fsp3) is 0.500. The summed E-state index contributed by atoms with van der Waals surface area (Å²) < 4.78 is 8.50. The van der Waals surface area contributed by atoms with Gasteiger partial charge in [-0.1, -0.05) is 4.53 Å². The molecule has 0 heterocycles. The van der Waals surface area contributed by atoms with Crippen LogP contribution in [0.15, 0.2) is 0 Å². The van der Waals surface area contributed by atoms with Crippen LogP contribution < -0.4 is 0 Å². The SMILES string of the molecule is CC#N.[18OH]F. The lowest BCUT2D eigenvalue weighted by Gasteiger charge is -1.15. The lowest BCUT2D eigenvalue weighted by molar-refractivity contribution is -0.0441. The number of nitrogens with zero attached hydrogens (tertiary/aromatic N) is 1. The first-order chi connectivity index (χ1) is 2.41. The first kappa shape index (κ1) is 8.83. The molecule has 0 atom stereocenters. The van der Waals surface area contributed by atoms with Crippen LogP contribution in [0, 0.1) is 11.3 Å².